The summed E-state index contributed by atoms with van der Waals surface area (Å²) in [6, 6.07) is -0.196. The molecule has 2 N–H and O–H groups in total. The summed E-state index contributed by atoms with van der Waals surface area (Å²) in [5.74, 6) is 0.486. The largest absolute Gasteiger partial charge is 0.344 e. The van der Waals surface area contributed by atoms with Crippen molar-refractivity contribution in [2.45, 2.75) is 32.4 Å². The number of amides is 1. The van der Waals surface area contributed by atoms with Crippen LogP contribution in [0, 0.1) is 5.92 Å². The van der Waals surface area contributed by atoms with Gasteiger partial charge in [-0.1, -0.05) is 13.8 Å². The van der Waals surface area contributed by atoms with Gasteiger partial charge in [0.2, 0.25) is 5.91 Å². The van der Waals surface area contributed by atoms with E-state index in [1.807, 2.05) is 11.6 Å². The van der Waals surface area contributed by atoms with Crippen LogP contribution in [0.15, 0.2) is 12.5 Å². The number of nitrogens with zero attached hydrogens (tertiary/aromatic N) is 3. The summed E-state index contributed by atoms with van der Waals surface area (Å²) in [5, 5.41) is 0. The van der Waals surface area contributed by atoms with Gasteiger partial charge < -0.3 is 15.2 Å². The molecule has 5 nitrogen and oxygen atoms in total. The lowest BCUT2D eigenvalue weighted by Crippen LogP contribution is -2.27. The van der Waals surface area contributed by atoms with Crippen LogP contribution in [0.5, 0.6) is 0 Å². The van der Waals surface area contributed by atoms with Gasteiger partial charge in [0, 0.05) is 25.8 Å². The minimum absolute atomic E-state index is 0.0730. The first kappa shape index (κ1) is 12.1. The highest BCUT2D eigenvalue weighted by Gasteiger charge is 2.32. The van der Waals surface area contributed by atoms with Crippen LogP contribution >= 0.6 is 0 Å². The van der Waals surface area contributed by atoms with E-state index in [4.69, 9.17) is 5.73 Å². The molecule has 1 fully saturated rings. The van der Waals surface area contributed by atoms with Gasteiger partial charge in [0.1, 0.15) is 6.04 Å². The predicted molar refractivity (Wildman–Crippen MR) is 65.3 cm³/mol. The molecule has 0 bridgehead atoms. The average molecular weight is 236 g/mol. The first-order valence-electron chi connectivity index (χ1n) is 6.04. The van der Waals surface area contributed by atoms with Crippen molar-refractivity contribution in [1.82, 2.24) is 14.5 Å². The standard InChI is InChI=1S/C12H20N4O/c1-8(2)11(13)10-6-14-7-16(10)9-4-5-15(3)12(9)17/h6-9,11H,4-5,13H2,1-3H3. The molecular formula is C12H20N4O. The number of hydrogen-bond donors (Lipinski definition) is 1. The Labute approximate surface area is 102 Å². The van der Waals surface area contributed by atoms with E-state index in [1.54, 1.807) is 17.4 Å². The predicted octanol–water partition coefficient (Wildman–Crippen LogP) is 0.942. The second-order valence-electron chi connectivity index (χ2n) is 5.06. The molecule has 0 aliphatic carbocycles. The zero-order chi connectivity index (χ0) is 12.6. The summed E-state index contributed by atoms with van der Waals surface area (Å²) in [6.07, 6.45) is 4.33. The lowest BCUT2D eigenvalue weighted by Gasteiger charge is -2.20. The van der Waals surface area contributed by atoms with E-state index < -0.39 is 0 Å². The van der Waals surface area contributed by atoms with Gasteiger partial charge in [-0.05, 0) is 12.3 Å². The van der Waals surface area contributed by atoms with Crippen molar-refractivity contribution in [3.05, 3.63) is 18.2 Å². The third-order valence-corrected chi connectivity index (χ3v) is 3.49. The summed E-state index contributed by atoms with van der Waals surface area (Å²) < 4.78 is 1.94. The van der Waals surface area contributed by atoms with Crippen molar-refractivity contribution < 1.29 is 4.79 Å². The maximum atomic E-state index is 12.0. The van der Waals surface area contributed by atoms with Crippen molar-refractivity contribution >= 4 is 5.91 Å². The molecule has 2 rings (SSSR count). The van der Waals surface area contributed by atoms with E-state index in [-0.39, 0.29) is 18.0 Å². The Hall–Kier alpha value is -1.36. The molecule has 1 amide bonds. The Bertz CT molecular complexity index is 412. The highest BCUT2D eigenvalue weighted by Crippen LogP contribution is 2.27. The highest BCUT2D eigenvalue weighted by atomic mass is 16.2. The van der Waals surface area contributed by atoms with E-state index in [9.17, 15) is 4.79 Å². The van der Waals surface area contributed by atoms with Crippen LogP contribution < -0.4 is 5.73 Å². The molecule has 1 saturated heterocycles. The van der Waals surface area contributed by atoms with Crippen molar-refractivity contribution in [2.24, 2.45) is 11.7 Å². The van der Waals surface area contributed by atoms with Gasteiger partial charge in [-0.3, -0.25) is 4.79 Å². The van der Waals surface area contributed by atoms with Gasteiger partial charge in [0.05, 0.1) is 12.0 Å². The van der Waals surface area contributed by atoms with Crippen LogP contribution in [0.2, 0.25) is 0 Å². The fraction of sp³-hybridized carbons (Fsp3) is 0.667. The third-order valence-electron chi connectivity index (χ3n) is 3.49. The lowest BCUT2D eigenvalue weighted by molar-refractivity contribution is -0.129. The minimum Gasteiger partial charge on any atom is -0.344 e. The fourth-order valence-electron chi connectivity index (χ4n) is 2.24. The number of imidazole rings is 1. The van der Waals surface area contributed by atoms with Crippen LogP contribution in [0.3, 0.4) is 0 Å². The molecular weight excluding hydrogens is 216 g/mol. The zero-order valence-electron chi connectivity index (χ0n) is 10.6. The molecule has 2 heterocycles. The molecule has 94 valence electrons. The molecule has 1 aromatic rings. The molecule has 2 unspecified atom stereocenters. The quantitative estimate of drug-likeness (QED) is 0.849. The third kappa shape index (κ3) is 2.07. The molecule has 5 heteroatoms. The Morgan fingerprint density at radius 2 is 2.24 bits per heavy atom. The van der Waals surface area contributed by atoms with Gasteiger partial charge in [0.25, 0.3) is 0 Å². The second kappa shape index (κ2) is 4.49. The number of carbonyl (C=O) groups excluding carboxylic acids is 1. The minimum atomic E-state index is -0.123. The van der Waals surface area contributed by atoms with Crippen molar-refractivity contribution in [1.29, 1.82) is 0 Å². The Balaban J connectivity index is 2.28. The number of rotatable bonds is 3. The summed E-state index contributed by atoms with van der Waals surface area (Å²) in [4.78, 5) is 17.9. The van der Waals surface area contributed by atoms with Gasteiger partial charge in [-0.25, -0.2) is 4.98 Å². The SMILES string of the molecule is CC(C)C(N)c1cncn1C1CCN(C)C1=O. The van der Waals surface area contributed by atoms with Crippen molar-refractivity contribution in [3.8, 4) is 0 Å². The van der Waals surface area contributed by atoms with Gasteiger partial charge in [-0.2, -0.15) is 0 Å². The van der Waals surface area contributed by atoms with E-state index in [1.165, 1.54) is 0 Å². The second-order valence-corrected chi connectivity index (χ2v) is 5.06. The van der Waals surface area contributed by atoms with E-state index >= 15 is 0 Å². The first-order valence-corrected chi connectivity index (χ1v) is 6.04. The van der Waals surface area contributed by atoms with Crippen LogP contribution in [-0.2, 0) is 4.79 Å². The number of aromatic nitrogens is 2. The van der Waals surface area contributed by atoms with Crippen molar-refractivity contribution in [2.75, 3.05) is 13.6 Å². The number of likely N-dealkylation sites (N-methyl/N-ethyl adjacent to an activating group) is 1. The summed E-state index contributed by atoms with van der Waals surface area (Å²) in [6.45, 7) is 4.95. The van der Waals surface area contributed by atoms with Gasteiger partial charge in [0.15, 0.2) is 0 Å². The highest BCUT2D eigenvalue weighted by molar-refractivity contribution is 5.82. The molecule has 0 radical (unpaired) electrons. The van der Waals surface area contributed by atoms with Gasteiger partial charge >= 0.3 is 0 Å². The number of likely N-dealkylation sites (tertiary alicyclic amines) is 1. The molecule has 2 atom stereocenters. The fourth-order valence-corrected chi connectivity index (χ4v) is 2.24. The molecule has 1 aliphatic rings. The molecule has 0 saturated carbocycles. The zero-order valence-corrected chi connectivity index (χ0v) is 10.6. The van der Waals surface area contributed by atoms with Crippen LogP contribution in [0.1, 0.15) is 38.0 Å². The summed E-state index contributed by atoms with van der Waals surface area (Å²) >= 11 is 0. The van der Waals surface area contributed by atoms with Gasteiger partial charge in [-0.15, -0.1) is 0 Å². The van der Waals surface area contributed by atoms with Crippen LogP contribution in [-0.4, -0.2) is 34.0 Å². The molecule has 1 aliphatic heterocycles. The number of carbonyl (C=O) groups is 1. The molecule has 0 aromatic carbocycles. The van der Waals surface area contributed by atoms with E-state index in [0.717, 1.165) is 18.7 Å². The maximum absolute atomic E-state index is 12.0. The summed E-state index contributed by atoms with van der Waals surface area (Å²) in [7, 11) is 1.83. The topological polar surface area (TPSA) is 64.2 Å². The Kier molecular flexibility index (Phi) is 3.19. The van der Waals surface area contributed by atoms with Crippen LogP contribution in [0.25, 0.3) is 0 Å². The monoisotopic (exact) mass is 236 g/mol. The molecule has 17 heavy (non-hydrogen) atoms. The average Bonchev–Trinajstić information content (AvgIpc) is 2.86. The molecule has 0 spiro atoms. The first-order chi connectivity index (χ1) is 8.02. The van der Waals surface area contributed by atoms with Crippen LogP contribution in [0.4, 0.5) is 0 Å². The van der Waals surface area contributed by atoms with Crippen molar-refractivity contribution in [3.63, 3.8) is 0 Å². The Morgan fingerprint density at radius 3 is 2.76 bits per heavy atom. The maximum Gasteiger partial charge on any atom is 0.245 e. The van der Waals surface area contributed by atoms with E-state index in [0.29, 0.717) is 5.92 Å². The number of nitrogens with two attached hydrogens (primary N) is 1. The molecule has 1 aromatic heterocycles. The number of hydrogen-bond acceptors (Lipinski definition) is 3. The normalized spacial score (nSPS) is 22.5. The smallest absolute Gasteiger partial charge is 0.245 e. The Morgan fingerprint density at radius 1 is 1.53 bits per heavy atom. The van der Waals surface area contributed by atoms with E-state index in [2.05, 4.69) is 18.8 Å². The lowest BCUT2D eigenvalue weighted by atomic mass is 10.0. The summed E-state index contributed by atoms with van der Waals surface area (Å²) in [5.41, 5.74) is 7.10.